The Morgan fingerprint density at radius 3 is 2.21 bits per heavy atom. The van der Waals surface area contributed by atoms with Crippen LogP contribution >= 0.6 is 0 Å². The second kappa shape index (κ2) is 14.6. The molecule has 4 N–H and O–H groups in total. The number of ether oxygens (including phenoxy) is 2. The number of nitrogens with zero attached hydrogens (tertiary/aromatic N) is 2. The molecular formula is C26H37N5O7. The van der Waals surface area contributed by atoms with E-state index in [4.69, 9.17) is 15.2 Å². The number of primary amides is 1. The van der Waals surface area contributed by atoms with E-state index in [0.29, 0.717) is 5.56 Å². The number of nitrogens with two attached hydrogens (primary N) is 1. The lowest BCUT2D eigenvalue weighted by molar-refractivity contribution is -0.144. The van der Waals surface area contributed by atoms with Crippen LogP contribution in [0.25, 0.3) is 0 Å². The second-order valence-corrected chi connectivity index (χ2v) is 9.66. The van der Waals surface area contributed by atoms with E-state index >= 15 is 0 Å². The van der Waals surface area contributed by atoms with Gasteiger partial charge in [0.25, 0.3) is 0 Å². The fourth-order valence-corrected chi connectivity index (χ4v) is 3.68. The molecule has 1 rings (SSSR count). The van der Waals surface area contributed by atoms with Crippen LogP contribution < -0.4 is 16.4 Å². The summed E-state index contributed by atoms with van der Waals surface area (Å²) in [5, 5.41) is 14.5. The van der Waals surface area contributed by atoms with E-state index in [1.165, 1.54) is 0 Å². The summed E-state index contributed by atoms with van der Waals surface area (Å²) in [6, 6.07) is 4.28. The van der Waals surface area contributed by atoms with Crippen LogP contribution in [-0.4, -0.2) is 66.0 Å². The van der Waals surface area contributed by atoms with Gasteiger partial charge in [0.1, 0.15) is 24.2 Å². The molecule has 1 aromatic carbocycles. The Morgan fingerprint density at radius 2 is 1.71 bits per heavy atom. The first-order valence-electron chi connectivity index (χ1n) is 12.1. The van der Waals surface area contributed by atoms with Gasteiger partial charge < -0.3 is 30.7 Å². The highest BCUT2D eigenvalue weighted by Crippen LogP contribution is 2.25. The number of hydrogen-bond acceptors (Lipinski definition) is 8. The number of nitrogens with one attached hydrogen (secondary N) is 2. The van der Waals surface area contributed by atoms with Crippen LogP contribution in [0.5, 0.6) is 0 Å². The molecule has 0 heterocycles. The third-order valence-corrected chi connectivity index (χ3v) is 4.97. The van der Waals surface area contributed by atoms with Crippen LogP contribution in [0.2, 0.25) is 0 Å². The lowest BCUT2D eigenvalue weighted by Gasteiger charge is -2.33. The van der Waals surface area contributed by atoms with Crippen molar-refractivity contribution in [3.8, 4) is 6.07 Å². The van der Waals surface area contributed by atoms with Gasteiger partial charge in [0.2, 0.25) is 17.7 Å². The molecule has 0 spiro atoms. The summed E-state index contributed by atoms with van der Waals surface area (Å²) in [5.41, 5.74) is 6.43. The summed E-state index contributed by atoms with van der Waals surface area (Å²) in [7, 11) is 0. The molecule has 12 nitrogen and oxygen atoms in total. The zero-order valence-corrected chi connectivity index (χ0v) is 22.8. The molecule has 4 amide bonds. The molecule has 0 aliphatic heterocycles. The minimum atomic E-state index is -1.50. The number of benzene rings is 1. The first kappa shape index (κ1) is 31.9. The molecule has 0 aromatic heterocycles. The maximum atomic E-state index is 13.7. The van der Waals surface area contributed by atoms with Gasteiger partial charge in [-0.05, 0) is 47.1 Å². The topological polar surface area (TPSA) is 181 Å². The first-order valence-corrected chi connectivity index (χ1v) is 12.1. The lowest BCUT2D eigenvalue weighted by atomic mass is 9.98. The fraction of sp³-hybridized carbons (Fsp3) is 0.538. The average Bonchev–Trinajstić information content (AvgIpc) is 2.75. The van der Waals surface area contributed by atoms with Crippen molar-refractivity contribution < 1.29 is 33.4 Å². The molecule has 0 aliphatic rings. The summed E-state index contributed by atoms with van der Waals surface area (Å²) in [6.45, 7) is 9.70. The zero-order chi connectivity index (χ0) is 29.0. The number of rotatable bonds is 12. The van der Waals surface area contributed by atoms with Crippen LogP contribution in [-0.2, 0) is 28.7 Å². The van der Waals surface area contributed by atoms with E-state index in [1.807, 2.05) is 26.0 Å². The molecule has 2 atom stereocenters. The number of carbonyl (C=O) groups is 5. The minimum absolute atomic E-state index is 0.0750. The number of aryl methyl sites for hydroxylation is 2. The predicted octanol–water partition coefficient (Wildman–Crippen LogP) is 1.53. The molecule has 0 bridgehead atoms. The Bertz CT molecular complexity index is 1050. The van der Waals surface area contributed by atoms with Gasteiger partial charge in [-0.15, -0.1) is 0 Å². The lowest BCUT2D eigenvalue weighted by Crippen LogP contribution is -2.54. The smallest absolute Gasteiger partial charge is 0.408 e. The van der Waals surface area contributed by atoms with Crippen molar-refractivity contribution in [1.82, 2.24) is 15.5 Å². The monoisotopic (exact) mass is 531 g/mol. The molecule has 0 aliphatic carbocycles. The molecule has 0 fully saturated rings. The number of alkyl carbamates (subject to hydrolysis) is 1. The number of amides is 4. The van der Waals surface area contributed by atoms with Gasteiger partial charge >= 0.3 is 12.1 Å². The van der Waals surface area contributed by atoms with Gasteiger partial charge in [-0.1, -0.05) is 29.3 Å². The maximum Gasteiger partial charge on any atom is 0.408 e. The Kier molecular flexibility index (Phi) is 12.2. The third kappa shape index (κ3) is 10.9. The quantitative estimate of drug-likeness (QED) is 0.268. The standard InChI is InChI=1S/C26H37N5O7/c1-7-37-21(33)8-10-29-23(34)22(18-13-16(2)12-17(3)14-18)31(11-9-27)24(35)19(15-20(28)32)30-25(36)38-26(4,5)6/h12-14,19,22H,7-8,10-11,15H2,1-6H3,(H2,28,32)(H,29,34)(H,30,36). The van der Waals surface area contributed by atoms with Gasteiger partial charge in [-0.25, -0.2) is 4.79 Å². The van der Waals surface area contributed by atoms with Crippen LogP contribution in [0, 0.1) is 25.2 Å². The highest BCUT2D eigenvalue weighted by atomic mass is 16.6. The molecule has 0 radical (unpaired) electrons. The Hall–Kier alpha value is -4.14. The molecule has 0 saturated carbocycles. The number of carbonyl (C=O) groups excluding carboxylic acids is 5. The van der Waals surface area contributed by atoms with Gasteiger partial charge in [-0.2, -0.15) is 5.26 Å². The first-order chi connectivity index (χ1) is 17.7. The molecule has 12 heteroatoms. The summed E-state index contributed by atoms with van der Waals surface area (Å²) in [4.78, 5) is 63.9. The highest BCUT2D eigenvalue weighted by molar-refractivity contribution is 5.94. The highest BCUT2D eigenvalue weighted by Gasteiger charge is 2.37. The number of nitriles is 1. The average molecular weight is 532 g/mol. The minimum Gasteiger partial charge on any atom is -0.466 e. The maximum absolute atomic E-state index is 13.7. The van der Waals surface area contributed by atoms with E-state index < -0.39 is 60.4 Å². The van der Waals surface area contributed by atoms with Crippen molar-refractivity contribution in [3.05, 3.63) is 34.9 Å². The largest absolute Gasteiger partial charge is 0.466 e. The summed E-state index contributed by atoms with van der Waals surface area (Å²) < 4.78 is 10.1. The van der Waals surface area contributed by atoms with Gasteiger partial charge in [0.05, 0.1) is 25.5 Å². The van der Waals surface area contributed by atoms with Crippen LogP contribution in [0.4, 0.5) is 4.79 Å². The zero-order valence-electron chi connectivity index (χ0n) is 22.8. The van der Waals surface area contributed by atoms with Crippen molar-refractivity contribution in [3.63, 3.8) is 0 Å². The summed E-state index contributed by atoms with van der Waals surface area (Å²) >= 11 is 0. The predicted molar refractivity (Wildman–Crippen MR) is 137 cm³/mol. The Morgan fingerprint density at radius 1 is 1.11 bits per heavy atom. The van der Waals surface area contributed by atoms with Gasteiger partial charge in [-0.3, -0.25) is 19.2 Å². The molecular weight excluding hydrogens is 494 g/mol. The van der Waals surface area contributed by atoms with E-state index in [1.54, 1.807) is 39.8 Å². The molecule has 0 saturated heterocycles. The van der Waals surface area contributed by atoms with Crippen LogP contribution in [0.15, 0.2) is 18.2 Å². The Labute approximate surface area is 222 Å². The number of esters is 1. The van der Waals surface area contributed by atoms with Crippen molar-refractivity contribution >= 4 is 29.8 Å². The summed E-state index contributed by atoms with van der Waals surface area (Å²) in [6.07, 6.45) is -1.67. The van der Waals surface area contributed by atoms with Gasteiger partial charge in [0, 0.05) is 6.54 Å². The van der Waals surface area contributed by atoms with E-state index in [9.17, 15) is 29.2 Å². The fourth-order valence-electron chi connectivity index (χ4n) is 3.68. The number of hydrogen-bond donors (Lipinski definition) is 3. The van der Waals surface area contributed by atoms with E-state index in [2.05, 4.69) is 10.6 Å². The second-order valence-electron chi connectivity index (χ2n) is 9.66. The normalized spacial score (nSPS) is 12.3. The Balaban J connectivity index is 3.44. The SMILES string of the molecule is CCOC(=O)CCNC(=O)C(c1cc(C)cc(C)c1)N(CC#N)C(=O)C(CC(N)=O)NC(=O)OC(C)(C)C. The van der Waals surface area contributed by atoms with Crippen LogP contribution in [0.1, 0.15) is 63.3 Å². The van der Waals surface area contributed by atoms with Crippen molar-refractivity contribution in [1.29, 1.82) is 5.26 Å². The molecule has 38 heavy (non-hydrogen) atoms. The molecule has 208 valence electrons. The molecule has 2 unspecified atom stereocenters. The van der Waals surface area contributed by atoms with Gasteiger partial charge in [0.15, 0.2) is 0 Å². The van der Waals surface area contributed by atoms with E-state index in [-0.39, 0.29) is 19.6 Å². The summed E-state index contributed by atoms with van der Waals surface area (Å²) in [5.74, 6) is -2.96. The van der Waals surface area contributed by atoms with Crippen molar-refractivity contribution in [2.24, 2.45) is 5.73 Å². The van der Waals surface area contributed by atoms with Crippen LogP contribution in [0.3, 0.4) is 0 Å². The third-order valence-electron chi connectivity index (χ3n) is 4.97. The van der Waals surface area contributed by atoms with Crippen molar-refractivity contribution in [2.45, 2.75) is 72.1 Å². The van der Waals surface area contributed by atoms with Crippen molar-refractivity contribution in [2.75, 3.05) is 19.7 Å². The van der Waals surface area contributed by atoms with E-state index in [0.717, 1.165) is 16.0 Å². The molecule has 1 aromatic rings.